The summed E-state index contributed by atoms with van der Waals surface area (Å²) in [5.41, 5.74) is 3.78. The molecule has 0 spiro atoms. The molecule has 0 radical (unpaired) electrons. The number of allylic oxidation sites excluding steroid dienone is 2. The molecule has 2 aromatic rings. The van der Waals surface area contributed by atoms with Crippen molar-refractivity contribution < 1.29 is 14.7 Å². The lowest BCUT2D eigenvalue weighted by atomic mass is 9.46. The standard InChI is InChI=1S/C33H41N3O3/c1-4-33(38)17-13-28-26-10-9-23-19-24(11-15-31(23,2)27(26)12-16-32(28,33)3)36-39-21-30(37)34-18-14-22-20-35-29-8-6-5-7-25(22)29/h1,5-8,19-20,26-28,35,38H,9-18,21H2,2-3H3,(H,34,37)/b36-24-/t26-,27+,28+,31+,32+,33-/m1/s1. The molecule has 0 bridgehead atoms. The van der Waals surface area contributed by atoms with Crippen LogP contribution in [-0.2, 0) is 16.1 Å². The van der Waals surface area contributed by atoms with E-state index < -0.39 is 5.60 Å². The zero-order valence-corrected chi connectivity index (χ0v) is 23.3. The number of nitrogens with zero attached hydrogens (tertiary/aromatic N) is 1. The largest absolute Gasteiger partial charge is 0.385 e. The summed E-state index contributed by atoms with van der Waals surface area (Å²) in [7, 11) is 0. The molecule has 206 valence electrons. The number of amides is 1. The van der Waals surface area contributed by atoms with E-state index in [4.69, 9.17) is 11.3 Å². The molecule has 1 aromatic heterocycles. The second-order valence-corrected chi connectivity index (χ2v) is 12.8. The van der Waals surface area contributed by atoms with Gasteiger partial charge >= 0.3 is 0 Å². The van der Waals surface area contributed by atoms with Crippen molar-refractivity contribution in [1.29, 1.82) is 0 Å². The van der Waals surface area contributed by atoms with E-state index in [1.54, 1.807) is 0 Å². The molecule has 0 aliphatic heterocycles. The minimum absolute atomic E-state index is 0.0686. The number of hydrogen-bond donors (Lipinski definition) is 3. The molecule has 0 saturated heterocycles. The van der Waals surface area contributed by atoms with Gasteiger partial charge in [-0.25, -0.2) is 0 Å². The first-order chi connectivity index (χ1) is 18.8. The molecule has 3 fully saturated rings. The Bertz CT molecular complexity index is 1370. The Morgan fingerprint density at radius 2 is 2.00 bits per heavy atom. The smallest absolute Gasteiger partial charge is 0.260 e. The molecular formula is C33H41N3O3. The number of terminal acetylenes is 1. The van der Waals surface area contributed by atoms with Crippen molar-refractivity contribution in [2.75, 3.05) is 13.2 Å². The second-order valence-electron chi connectivity index (χ2n) is 12.8. The number of aromatic nitrogens is 1. The van der Waals surface area contributed by atoms with Gasteiger partial charge in [0, 0.05) is 29.1 Å². The summed E-state index contributed by atoms with van der Waals surface area (Å²) in [6, 6.07) is 8.19. The number of fused-ring (bicyclic) bond motifs is 6. The summed E-state index contributed by atoms with van der Waals surface area (Å²) in [6.45, 7) is 5.18. The maximum absolute atomic E-state index is 12.3. The van der Waals surface area contributed by atoms with Crippen molar-refractivity contribution in [2.24, 2.45) is 33.7 Å². The van der Waals surface area contributed by atoms with Crippen LogP contribution in [0.15, 0.2) is 47.3 Å². The van der Waals surface area contributed by atoms with Gasteiger partial charge in [-0.15, -0.1) is 6.42 Å². The first-order valence-corrected chi connectivity index (χ1v) is 14.7. The molecule has 4 aliphatic carbocycles. The van der Waals surface area contributed by atoms with Crippen LogP contribution in [0.5, 0.6) is 0 Å². The Morgan fingerprint density at radius 3 is 2.85 bits per heavy atom. The summed E-state index contributed by atoms with van der Waals surface area (Å²) in [5, 5.41) is 19.7. The van der Waals surface area contributed by atoms with E-state index in [-0.39, 0.29) is 23.3 Å². The topological polar surface area (TPSA) is 86.7 Å². The first-order valence-electron chi connectivity index (χ1n) is 14.7. The zero-order chi connectivity index (χ0) is 27.3. The molecule has 6 heteroatoms. The van der Waals surface area contributed by atoms with Gasteiger partial charge in [-0.2, -0.15) is 0 Å². The van der Waals surface area contributed by atoms with Gasteiger partial charge in [-0.05, 0) is 98.7 Å². The quantitative estimate of drug-likeness (QED) is 0.341. The van der Waals surface area contributed by atoms with Gasteiger partial charge in [0.1, 0.15) is 5.60 Å². The molecule has 6 rings (SSSR count). The molecule has 1 aromatic carbocycles. The molecular weight excluding hydrogens is 486 g/mol. The Labute approximate surface area is 231 Å². The summed E-state index contributed by atoms with van der Waals surface area (Å²) in [5.74, 6) is 4.38. The van der Waals surface area contributed by atoms with Crippen LogP contribution < -0.4 is 5.32 Å². The number of hydrogen-bond acceptors (Lipinski definition) is 4. The summed E-state index contributed by atoms with van der Waals surface area (Å²) >= 11 is 0. The molecule has 3 N–H and O–H groups in total. The van der Waals surface area contributed by atoms with Gasteiger partial charge in [0.2, 0.25) is 0 Å². The summed E-state index contributed by atoms with van der Waals surface area (Å²) in [6.07, 6.45) is 18.9. The molecule has 1 amide bonds. The van der Waals surface area contributed by atoms with Gasteiger partial charge in [-0.3, -0.25) is 4.79 Å². The molecule has 3 saturated carbocycles. The maximum atomic E-state index is 12.3. The van der Waals surface area contributed by atoms with Gasteiger partial charge in [0.15, 0.2) is 6.61 Å². The van der Waals surface area contributed by atoms with Crippen LogP contribution in [0.4, 0.5) is 0 Å². The maximum Gasteiger partial charge on any atom is 0.260 e. The van der Waals surface area contributed by atoms with Gasteiger partial charge < -0.3 is 20.2 Å². The number of oxime groups is 1. The number of benzene rings is 1. The van der Waals surface area contributed by atoms with Crippen molar-refractivity contribution in [3.63, 3.8) is 0 Å². The number of carbonyl (C=O) groups excluding carboxylic acids is 1. The van der Waals surface area contributed by atoms with Gasteiger partial charge in [-0.1, -0.05) is 48.7 Å². The lowest BCUT2D eigenvalue weighted by Gasteiger charge is -2.58. The van der Waals surface area contributed by atoms with Crippen molar-refractivity contribution in [2.45, 2.75) is 77.2 Å². The van der Waals surface area contributed by atoms with Crippen LogP contribution in [0.2, 0.25) is 0 Å². The molecule has 6 atom stereocenters. The fourth-order valence-corrected chi connectivity index (χ4v) is 8.80. The minimum atomic E-state index is -0.952. The Balaban J connectivity index is 1.03. The number of aromatic amines is 1. The van der Waals surface area contributed by atoms with Crippen molar-refractivity contribution in [1.82, 2.24) is 10.3 Å². The zero-order valence-electron chi connectivity index (χ0n) is 23.3. The average Bonchev–Trinajstić information content (AvgIpc) is 3.47. The third-order valence-corrected chi connectivity index (χ3v) is 11.1. The van der Waals surface area contributed by atoms with Gasteiger partial charge in [0.05, 0.1) is 5.71 Å². The first kappa shape index (κ1) is 26.2. The highest BCUT2D eigenvalue weighted by Crippen LogP contribution is 2.67. The van der Waals surface area contributed by atoms with E-state index in [0.29, 0.717) is 24.3 Å². The number of rotatable bonds is 6. The minimum Gasteiger partial charge on any atom is -0.385 e. The lowest BCUT2D eigenvalue weighted by Crippen LogP contribution is -2.54. The van der Waals surface area contributed by atoms with Crippen molar-refractivity contribution in [3.8, 4) is 12.3 Å². The van der Waals surface area contributed by atoms with Crippen LogP contribution in [-0.4, -0.2) is 40.5 Å². The van der Waals surface area contributed by atoms with Crippen LogP contribution in [0.1, 0.15) is 70.8 Å². The van der Waals surface area contributed by atoms with E-state index in [0.717, 1.165) is 69.0 Å². The number of aliphatic hydroxyl groups is 1. The van der Waals surface area contributed by atoms with E-state index in [9.17, 15) is 9.90 Å². The van der Waals surface area contributed by atoms with E-state index in [1.165, 1.54) is 16.5 Å². The van der Waals surface area contributed by atoms with Crippen molar-refractivity contribution >= 4 is 22.5 Å². The van der Waals surface area contributed by atoms with Crippen LogP contribution in [0, 0.1) is 40.9 Å². The Kier molecular flexibility index (Phi) is 6.62. The second kappa shape index (κ2) is 9.86. The Hall–Kier alpha value is -3.04. The third kappa shape index (κ3) is 4.30. The summed E-state index contributed by atoms with van der Waals surface area (Å²) in [4.78, 5) is 21.1. The normalized spacial score (nSPS) is 36.4. The van der Waals surface area contributed by atoms with E-state index in [1.807, 2.05) is 18.3 Å². The van der Waals surface area contributed by atoms with Crippen LogP contribution in [0.25, 0.3) is 10.9 Å². The highest BCUT2D eigenvalue weighted by atomic mass is 16.6. The predicted molar refractivity (Wildman–Crippen MR) is 154 cm³/mol. The van der Waals surface area contributed by atoms with E-state index >= 15 is 0 Å². The lowest BCUT2D eigenvalue weighted by molar-refractivity contribution is -0.125. The fraction of sp³-hybridized carbons (Fsp3) is 0.576. The number of carbonyl (C=O) groups is 1. The van der Waals surface area contributed by atoms with Crippen LogP contribution in [0.3, 0.4) is 0 Å². The number of H-pyrrole nitrogens is 1. The average molecular weight is 528 g/mol. The van der Waals surface area contributed by atoms with Gasteiger partial charge in [0.25, 0.3) is 5.91 Å². The highest BCUT2D eigenvalue weighted by molar-refractivity contribution is 5.96. The number of nitrogens with one attached hydrogen (secondary N) is 2. The van der Waals surface area contributed by atoms with E-state index in [2.05, 4.69) is 53.4 Å². The highest BCUT2D eigenvalue weighted by Gasteiger charge is 2.63. The SMILES string of the molecule is C#C[C@@]1(O)CC[C@H]2[C@@H]3CCC4=C/C(=N\OCC(=O)NCCc5c[nH]c6ccccc56)CC[C@]4(C)[C@H]3CC[C@@]21C. The van der Waals surface area contributed by atoms with Crippen LogP contribution >= 0.6 is 0 Å². The fourth-order valence-electron chi connectivity index (χ4n) is 8.80. The Morgan fingerprint density at radius 1 is 1.18 bits per heavy atom. The van der Waals surface area contributed by atoms with Crippen molar-refractivity contribution in [3.05, 3.63) is 47.7 Å². The molecule has 4 aliphatic rings. The summed E-state index contributed by atoms with van der Waals surface area (Å²) < 4.78 is 0. The molecule has 6 nitrogen and oxygen atoms in total. The third-order valence-electron chi connectivity index (χ3n) is 11.1. The molecule has 39 heavy (non-hydrogen) atoms. The molecule has 1 heterocycles. The number of para-hydroxylation sites is 1. The monoisotopic (exact) mass is 527 g/mol. The predicted octanol–water partition coefficient (Wildman–Crippen LogP) is 5.53. The molecule has 0 unspecified atom stereocenters.